The Balaban J connectivity index is 1.59. The summed E-state index contributed by atoms with van der Waals surface area (Å²) in [4.78, 5) is 21.4. The van der Waals surface area contributed by atoms with E-state index in [0.717, 1.165) is 42.4 Å². The molecule has 3 aliphatic rings. The average Bonchev–Trinajstić information content (AvgIpc) is 3.22. The lowest BCUT2D eigenvalue weighted by Gasteiger charge is -2.59. The number of carbonyl (C=O) groups excluding carboxylic acids is 1. The summed E-state index contributed by atoms with van der Waals surface area (Å²) in [6, 6.07) is 17.0. The molecule has 312 valence electrons. The summed E-state index contributed by atoms with van der Waals surface area (Å²) in [5.41, 5.74) is 5.44. The van der Waals surface area contributed by atoms with Gasteiger partial charge in [0.05, 0.1) is 24.1 Å². The SMILES string of the molecule is C=CCO[C@@]12Oc3ccc(Oc4ccc(C)c(C)c4)cc3[C@H]3[C@H](CCCCO)[C@@H](CCCCO)C=C(C(=NOC)C[C@@H]1N(Cc1ccc(F)cc1)C(=O)OCCCl)[C@H]32. The molecule has 12 heteroatoms. The lowest BCUT2D eigenvalue weighted by molar-refractivity contribution is -0.256. The summed E-state index contributed by atoms with van der Waals surface area (Å²) in [7, 11) is 1.50. The predicted molar refractivity (Wildman–Crippen MR) is 222 cm³/mol. The Morgan fingerprint density at radius 3 is 2.43 bits per heavy atom. The molecule has 0 radical (unpaired) electrons. The van der Waals surface area contributed by atoms with Crippen molar-refractivity contribution >= 4 is 23.4 Å². The number of hydrogen-bond acceptors (Lipinski definition) is 9. The Kier molecular flexibility index (Phi) is 14.9. The number of halogens is 2. The van der Waals surface area contributed by atoms with Gasteiger partial charge in [0, 0.05) is 37.7 Å². The molecule has 1 amide bonds. The van der Waals surface area contributed by atoms with E-state index in [2.05, 4.69) is 37.7 Å². The summed E-state index contributed by atoms with van der Waals surface area (Å²) >= 11 is 6.03. The number of amides is 1. The molecule has 1 heterocycles. The number of aliphatic hydroxyl groups excluding tert-OH is 2. The quantitative estimate of drug-likeness (QED) is 0.0532. The fourth-order valence-electron chi connectivity index (χ4n) is 9.03. The Labute approximate surface area is 346 Å². The molecule has 3 aromatic rings. The van der Waals surface area contributed by atoms with Crippen molar-refractivity contribution in [1.82, 2.24) is 4.90 Å². The van der Waals surface area contributed by atoms with E-state index in [1.165, 1.54) is 24.8 Å². The summed E-state index contributed by atoms with van der Waals surface area (Å²) in [5, 5.41) is 24.4. The molecular weight excluding hydrogens is 763 g/mol. The number of carbonyl (C=O) groups is 1. The number of hydrogen-bond donors (Lipinski definition) is 2. The number of fused-ring (bicyclic) bond motifs is 2. The first-order valence-electron chi connectivity index (χ1n) is 20.3. The maximum Gasteiger partial charge on any atom is 0.410 e. The van der Waals surface area contributed by atoms with E-state index in [9.17, 15) is 19.4 Å². The van der Waals surface area contributed by atoms with Crippen LogP contribution in [0.15, 0.2) is 90.1 Å². The minimum absolute atomic E-state index is 0.0286. The Bertz CT molecular complexity index is 1940. The van der Waals surface area contributed by atoms with Gasteiger partial charge in [-0.3, -0.25) is 4.90 Å². The zero-order chi connectivity index (χ0) is 41.2. The Hall–Kier alpha value is -4.42. The zero-order valence-corrected chi connectivity index (χ0v) is 34.5. The van der Waals surface area contributed by atoms with Crippen LogP contribution in [0.2, 0.25) is 0 Å². The standard InChI is InChI=1S/C46H56ClFN2O8/c1-5-23-56-46-42(50(45(53)55-24-20-47)29-32-13-15-34(48)16-14-32)28-40(49-54-4)38-26-33(10-6-8-21-51)37(11-7-9-22-52)43(44(38)46)39-27-36(18-19-41(39)58-46)57-35-17-12-30(2)31(3)25-35/h5,12-19,25-27,33,37,42-44,51-52H,1,6-11,20-24,28-29H2,2-4H3/t33-,37+,42-,43+,44+,46+/m0/s1. The lowest BCUT2D eigenvalue weighted by atomic mass is 9.55. The van der Waals surface area contributed by atoms with Crippen LogP contribution in [-0.2, 0) is 20.9 Å². The molecule has 10 nitrogen and oxygen atoms in total. The summed E-state index contributed by atoms with van der Waals surface area (Å²) < 4.78 is 40.7. The maximum atomic E-state index is 14.3. The van der Waals surface area contributed by atoms with Gasteiger partial charge in [-0.1, -0.05) is 48.3 Å². The van der Waals surface area contributed by atoms with Gasteiger partial charge in [-0.2, -0.15) is 0 Å². The molecule has 0 unspecified atom stereocenters. The third-order valence-corrected chi connectivity index (χ3v) is 11.9. The molecule has 6 atom stereocenters. The molecule has 0 aromatic heterocycles. The average molecular weight is 819 g/mol. The van der Waals surface area contributed by atoms with Gasteiger partial charge in [-0.15, -0.1) is 18.2 Å². The number of ether oxygens (including phenoxy) is 4. The highest BCUT2D eigenvalue weighted by Gasteiger charge is 2.65. The van der Waals surface area contributed by atoms with E-state index >= 15 is 0 Å². The van der Waals surface area contributed by atoms with E-state index in [1.54, 1.807) is 23.1 Å². The van der Waals surface area contributed by atoms with Crippen LogP contribution < -0.4 is 9.47 Å². The van der Waals surface area contributed by atoms with Crippen molar-refractivity contribution in [2.75, 3.05) is 39.4 Å². The van der Waals surface area contributed by atoms with E-state index in [-0.39, 0.29) is 63.0 Å². The first kappa shape index (κ1) is 43.2. The molecule has 1 saturated carbocycles. The van der Waals surface area contributed by atoms with Crippen LogP contribution in [0.5, 0.6) is 17.2 Å². The highest BCUT2D eigenvalue weighted by atomic mass is 35.5. The number of nitrogens with zero attached hydrogens (tertiary/aromatic N) is 2. The molecule has 1 aliphatic heterocycles. The van der Waals surface area contributed by atoms with Crippen molar-refractivity contribution in [3.05, 3.63) is 113 Å². The third-order valence-electron chi connectivity index (χ3n) is 11.7. The Morgan fingerprint density at radius 2 is 1.74 bits per heavy atom. The largest absolute Gasteiger partial charge is 0.459 e. The van der Waals surface area contributed by atoms with Crippen LogP contribution in [0, 0.1) is 37.4 Å². The van der Waals surface area contributed by atoms with E-state index in [4.69, 9.17) is 35.4 Å². The number of rotatable bonds is 19. The monoisotopic (exact) mass is 818 g/mol. The topological polar surface area (TPSA) is 119 Å². The van der Waals surface area contributed by atoms with E-state index < -0.39 is 29.7 Å². The van der Waals surface area contributed by atoms with Crippen LogP contribution in [-0.4, -0.2) is 78.2 Å². The van der Waals surface area contributed by atoms with E-state index in [1.807, 2.05) is 30.3 Å². The number of aryl methyl sites for hydroxylation is 2. The van der Waals surface area contributed by atoms with Crippen molar-refractivity contribution < 1.29 is 43.2 Å². The van der Waals surface area contributed by atoms with Crippen molar-refractivity contribution in [3.63, 3.8) is 0 Å². The fourth-order valence-corrected chi connectivity index (χ4v) is 9.11. The molecular formula is C46H56ClFN2O8. The van der Waals surface area contributed by atoms with Gasteiger partial charge in [0.1, 0.15) is 42.8 Å². The van der Waals surface area contributed by atoms with Crippen molar-refractivity contribution in [3.8, 4) is 17.2 Å². The number of benzene rings is 3. The van der Waals surface area contributed by atoms with Gasteiger partial charge in [-0.05, 0) is 116 Å². The van der Waals surface area contributed by atoms with Crippen LogP contribution in [0.25, 0.3) is 0 Å². The number of unbranched alkanes of at least 4 members (excludes halogenated alkanes) is 2. The second-order valence-corrected chi connectivity index (χ2v) is 15.7. The minimum Gasteiger partial charge on any atom is -0.459 e. The smallest absolute Gasteiger partial charge is 0.410 e. The number of aliphatic hydroxyl groups is 2. The summed E-state index contributed by atoms with van der Waals surface area (Å²) in [6.07, 6.45) is 7.99. The normalized spacial score (nSPS) is 23.9. The molecule has 0 spiro atoms. The fraction of sp³-hybridized carbons (Fsp3) is 0.478. The molecule has 0 saturated heterocycles. The van der Waals surface area contributed by atoms with Crippen LogP contribution in [0.4, 0.5) is 9.18 Å². The van der Waals surface area contributed by atoms with Crippen LogP contribution in [0.1, 0.15) is 73.1 Å². The first-order chi connectivity index (χ1) is 28.2. The number of allylic oxidation sites excluding steroid dienone is 1. The van der Waals surface area contributed by atoms with Gasteiger partial charge < -0.3 is 34.0 Å². The second kappa shape index (κ2) is 20.0. The Morgan fingerprint density at radius 1 is 1.02 bits per heavy atom. The molecule has 1 fully saturated rings. The maximum absolute atomic E-state index is 14.3. The highest BCUT2D eigenvalue weighted by molar-refractivity contribution is 6.18. The summed E-state index contributed by atoms with van der Waals surface area (Å²) in [6.45, 7) is 8.40. The molecule has 0 bridgehead atoms. The van der Waals surface area contributed by atoms with E-state index in [0.29, 0.717) is 41.4 Å². The predicted octanol–water partition coefficient (Wildman–Crippen LogP) is 9.38. The van der Waals surface area contributed by atoms with Crippen molar-refractivity contribution in [1.29, 1.82) is 0 Å². The van der Waals surface area contributed by atoms with Gasteiger partial charge in [-0.25, -0.2) is 9.18 Å². The summed E-state index contributed by atoms with van der Waals surface area (Å²) in [5.74, 6) is -0.512. The third kappa shape index (κ3) is 9.38. The van der Waals surface area contributed by atoms with Gasteiger partial charge >= 0.3 is 6.09 Å². The molecule has 58 heavy (non-hydrogen) atoms. The molecule has 3 aromatic carbocycles. The van der Waals surface area contributed by atoms with Gasteiger partial charge in [0.15, 0.2) is 0 Å². The van der Waals surface area contributed by atoms with Crippen molar-refractivity contribution in [2.45, 2.75) is 83.1 Å². The molecule has 2 N–H and O–H groups in total. The number of alkyl halides is 1. The van der Waals surface area contributed by atoms with Crippen LogP contribution in [0.3, 0.4) is 0 Å². The zero-order valence-electron chi connectivity index (χ0n) is 33.7. The number of oxime groups is 1. The van der Waals surface area contributed by atoms with Crippen LogP contribution >= 0.6 is 11.6 Å². The minimum atomic E-state index is -1.49. The second-order valence-electron chi connectivity index (χ2n) is 15.4. The lowest BCUT2D eigenvalue weighted by Crippen LogP contribution is -2.70. The van der Waals surface area contributed by atoms with Crippen molar-refractivity contribution in [2.24, 2.45) is 22.9 Å². The first-order valence-corrected chi connectivity index (χ1v) is 20.8. The molecule has 2 aliphatic carbocycles. The van der Waals surface area contributed by atoms with Gasteiger partial charge in [0.2, 0.25) is 5.79 Å². The molecule has 6 rings (SSSR count). The van der Waals surface area contributed by atoms with Gasteiger partial charge in [0.25, 0.3) is 0 Å². The highest BCUT2D eigenvalue weighted by Crippen LogP contribution is 2.62.